The monoisotopic (exact) mass is 314 g/mol. The second-order valence-corrected chi connectivity index (χ2v) is 5.29. The number of carbonyl (C=O) groups is 1. The lowest BCUT2D eigenvalue weighted by Crippen LogP contribution is -2.31. The van der Waals surface area contributed by atoms with Crippen molar-refractivity contribution in [2.24, 2.45) is 0 Å². The molecule has 1 atom stereocenters. The molecule has 0 spiro atoms. The van der Waals surface area contributed by atoms with Crippen molar-refractivity contribution >= 4 is 11.7 Å². The molecule has 0 saturated heterocycles. The van der Waals surface area contributed by atoms with E-state index in [1.54, 1.807) is 14.2 Å². The quantitative estimate of drug-likeness (QED) is 0.880. The molecule has 2 N–H and O–H groups in total. The number of rotatable bonds is 5. The van der Waals surface area contributed by atoms with Gasteiger partial charge < -0.3 is 20.1 Å². The molecule has 122 valence electrons. The van der Waals surface area contributed by atoms with Gasteiger partial charge in [-0.2, -0.15) is 0 Å². The molecule has 5 nitrogen and oxygen atoms in total. The number of hydrogen-bond donors (Lipinski definition) is 2. The summed E-state index contributed by atoms with van der Waals surface area (Å²) >= 11 is 0. The minimum absolute atomic E-state index is 0.231. The Labute approximate surface area is 136 Å². The van der Waals surface area contributed by atoms with Gasteiger partial charge in [0.15, 0.2) is 0 Å². The highest BCUT2D eigenvalue weighted by atomic mass is 16.5. The van der Waals surface area contributed by atoms with Crippen LogP contribution < -0.4 is 20.1 Å². The van der Waals surface area contributed by atoms with Gasteiger partial charge in [-0.3, -0.25) is 0 Å². The molecule has 0 fully saturated rings. The number of carbonyl (C=O) groups excluding carboxylic acids is 1. The summed E-state index contributed by atoms with van der Waals surface area (Å²) in [5, 5.41) is 5.71. The molecule has 0 radical (unpaired) electrons. The number of amides is 2. The largest absolute Gasteiger partial charge is 0.497 e. The van der Waals surface area contributed by atoms with E-state index in [9.17, 15) is 4.79 Å². The van der Waals surface area contributed by atoms with Gasteiger partial charge in [0.1, 0.15) is 11.5 Å². The molecule has 0 bridgehead atoms. The number of benzene rings is 2. The van der Waals surface area contributed by atoms with Crippen molar-refractivity contribution in [3.8, 4) is 11.5 Å². The number of aryl methyl sites for hydroxylation is 1. The number of nitrogens with one attached hydrogen (secondary N) is 2. The zero-order chi connectivity index (χ0) is 16.8. The van der Waals surface area contributed by atoms with Gasteiger partial charge in [0.25, 0.3) is 0 Å². The molecule has 2 rings (SSSR count). The molecule has 0 heterocycles. The van der Waals surface area contributed by atoms with E-state index in [1.165, 1.54) is 0 Å². The molecular weight excluding hydrogens is 292 g/mol. The second kappa shape index (κ2) is 7.54. The fraction of sp³-hybridized carbons (Fsp3) is 0.278. The van der Waals surface area contributed by atoms with Gasteiger partial charge in [0.2, 0.25) is 0 Å². The third kappa shape index (κ3) is 4.39. The molecule has 0 saturated carbocycles. The highest BCUT2D eigenvalue weighted by molar-refractivity contribution is 5.89. The molecule has 0 aliphatic heterocycles. The van der Waals surface area contributed by atoms with Crippen LogP contribution in [-0.2, 0) is 0 Å². The Hall–Kier alpha value is -2.69. The maximum Gasteiger partial charge on any atom is 0.319 e. The summed E-state index contributed by atoms with van der Waals surface area (Å²) in [5.74, 6) is 1.42. The molecule has 0 aliphatic carbocycles. The van der Waals surface area contributed by atoms with Gasteiger partial charge in [0.05, 0.1) is 20.3 Å². The third-order valence-electron chi connectivity index (χ3n) is 3.56. The highest BCUT2D eigenvalue weighted by Crippen LogP contribution is 2.29. The zero-order valence-corrected chi connectivity index (χ0v) is 13.8. The van der Waals surface area contributed by atoms with Gasteiger partial charge in [-0.1, -0.05) is 17.7 Å². The first-order valence-corrected chi connectivity index (χ1v) is 7.39. The van der Waals surface area contributed by atoms with Crippen molar-refractivity contribution < 1.29 is 14.3 Å². The fourth-order valence-corrected chi connectivity index (χ4v) is 2.26. The Kier molecular flexibility index (Phi) is 5.46. The van der Waals surface area contributed by atoms with Crippen molar-refractivity contribution in [3.63, 3.8) is 0 Å². The van der Waals surface area contributed by atoms with E-state index in [0.717, 1.165) is 16.8 Å². The summed E-state index contributed by atoms with van der Waals surface area (Å²) in [4.78, 5) is 12.1. The standard InChI is InChI=1S/C18H22N2O3/c1-12-5-7-14(8-6-12)20-18(21)19-13(2)16-11-15(22-3)9-10-17(16)23-4/h5-11,13H,1-4H3,(H2,19,20,21). The van der Waals surface area contributed by atoms with E-state index in [0.29, 0.717) is 11.5 Å². The normalized spacial score (nSPS) is 11.5. The van der Waals surface area contributed by atoms with Crippen LogP contribution in [0.4, 0.5) is 10.5 Å². The molecule has 2 amide bonds. The van der Waals surface area contributed by atoms with Crippen molar-refractivity contribution in [1.29, 1.82) is 0 Å². The van der Waals surface area contributed by atoms with Crippen LogP contribution in [0, 0.1) is 6.92 Å². The van der Waals surface area contributed by atoms with Gasteiger partial charge in [-0.05, 0) is 44.2 Å². The van der Waals surface area contributed by atoms with Crippen LogP contribution in [-0.4, -0.2) is 20.3 Å². The van der Waals surface area contributed by atoms with Crippen LogP contribution >= 0.6 is 0 Å². The van der Waals surface area contributed by atoms with Crippen LogP contribution in [0.3, 0.4) is 0 Å². The number of anilines is 1. The Balaban J connectivity index is 2.07. The first kappa shape index (κ1) is 16.7. The number of ether oxygens (including phenoxy) is 2. The van der Waals surface area contributed by atoms with Crippen LogP contribution in [0.5, 0.6) is 11.5 Å². The lowest BCUT2D eigenvalue weighted by atomic mass is 10.1. The second-order valence-electron chi connectivity index (χ2n) is 5.29. The molecule has 1 unspecified atom stereocenters. The van der Waals surface area contributed by atoms with Crippen LogP contribution in [0.25, 0.3) is 0 Å². The number of urea groups is 1. The third-order valence-corrected chi connectivity index (χ3v) is 3.56. The summed E-state index contributed by atoms with van der Waals surface area (Å²) < 4.78 is 10.6. The van der Waals surface area contributed by atoms with Gasteiger partial charge in [0, 0.05) is 11.3 Å². The predicted octanol–water partition coefficient (Wildman–Crippen LogP) is 3.89. The lowest BCUT2D eigenvalue weighted by Gasteiger charge is -2.18. The maximum atomic E-state index is 12.1. The highest BCUT2D eigenvalue weighted by Gasteiger charge is 2.15. The molecule has 0 aromatic heterocycles. The Morgan fingerprint density at radius 3 is 2.35 bits per heavy atom. The van der Waals surface area contributed by atoms with Crippen molar-refractivity contribution in [2.45, 2.75) is 19.9 Å². The van der Waals surface area contributed by atoms with Crippen molar-refractivity contribution in [1.82, 2.24) is 5.32 Å². The summed E-state index contributed by atoms with van der Waals surface area (Å²) in [6.45, 7) is 3.90. The summed E-state index contributed by atoms with van der Waals surface area (Å²) in [7, 11) is 3.21. The zero-order valence-electron chi connectivity index (χ0n) is 13.8. The Bertz CT molecular complexity index is 668. The smallest absolute Gasteiger partial charge is 0.319 e. The predicted molar refractivity (Wildman–Crippen MR) is 91.3 cm³/mol. The van der Waals surface area contributed by atoms with Crippen LogP contribution in [0.15, 0.2) is 42.5 Å². The topological polar surface area (TPSA) is 59.6 Å². The van der Waals surface area contributed by atoms with Crippen LogP contribution in [0.1, 0.15) is 24.1 Å². The number of methoxy groups -OCH3 is 2. The van der Waals surface area contributed by atoms with Crippen molar-refractivity contribution in [3.05, 3.63) is 53.6 Å². The Morgan fingerprint density at radius 2 is 1.74 bits per heavy atom. The van der Waals surface area contributed by atoms with E-state index < -0.39 is 0 Å². The average Bonchev–Trinajstić information content (AvgIpc) is 2.56. The van der Waals surface area contributed by atoms with Gasteiger partial charge in [-0.25, -0.2) is 4.79 Å². The van der Waals surface area contributed by atoms with E-state index >= 15 is 0 Å². The van der Waals surface area contributed by atoms with Gasteiger partial charge in [-0.15, -0.1) is 0 Å². The van der Waals surface area contributed by atoms with E-state index in [1.807, 2.05) is 56.3 Å². The van der Waals surface area contributed by atoms with Crippen molar-refractivity contribution in [2.75, 3.05) is 19.5 Å². The minimum Gasteiger partial charge on any atom is -0.497 e. The summed E-state index contributed by atoms with van der Waals surface area (Å²) in [6.07, 6.45) is 0. The fourth-order valence-electron chi connectivity index (χ4n) is 2.26. The van der Waals surface area contributed by atoms with Gasteiger partial charge >= 0.3 is 6.03 Å². The lowest BCUT2D eigenvalue weighted by molar-refractivity contribution is 0.249. The SMILES string of the molecule is COc1ccc(OC)c(C(C)NC(=O)Nc2ccc(C)cc2)c1. The molecular formula is C18H22N2O3. The van der Waals surface area contributed by atoms with E-state index in [4.69, 9.17) is 9.47 Å². The van der Waals surface area contributed by atoms with E-state index in [2.05, 4.69) is 10.6 Å². The molecule has 2 aromatic rings. The molecule has 2 aromatic carbocycles. The summed E-state index contributed by atoms with van der Waals surface area (Å²) in [5.41, 5.74) is 2.74. The average molecular weight is 314 g/mol. The number of hydrogen-bond acceptors (Lipinski definition) is 3. The molecule has 0 aliphatic rings. The first-order valence-electron chi connectivity index (χ1n) is 7.39. The maximum absolute atomic E-state index is 12.1. The minimum atomic E-state index is -0.272. The molecule has 23 heavy (non-hydrogen) atoms. The Morgan fingerprint density at radius 1 is 1.04 bits per heavy atom. The van der Waals surface area contributed by atoms with Crippen LogP contribution in [0.2, 0.25) is 0 Å². The van der Waals surface area contributed by atoms with E-state index in [-0.39, 0.29) is 12.1 Å². The molecule has 5 heteroatoms. The summed E-state index contributed by atoms with van der Waals surface area (Å²) in [6, 6.07) is 12.6. The first-order chi connectivity index (χ1) is 11.0.